The Hall–Kier alpha value is -3.48. The zero-order chi connectivity index (χ0) is 17.2. The summed E-state index contributed by atoms with van der Waals surface area (Å²) in [6.45, 7) is 2.17. The zero-order valence-corrected chi connectivity index (χ0v) is 13.6. The summed E-state index contributed by atoms with van der Waals surface area (Å²) in [5.74, 6) is 0.581. The summed E-state index contributed by atoms with van der Waals surface area (Å²) < 4.78 is 1.93. The normalized spacial score (nSPS) is 10.9. The van der Waals surface area contributed by atoms with Crippen molar-refractivity contribution >= 4 is 16.9 Å². The Bertz CT molecular complexity index is 1050. The summed E-state index contributed by atoms with van der Waals surface area (Å²) in [5, 5.41) is 9.57. The van der Waals surface area contributed by atoms with Gasteiger partial charge in [0.15, 0.2) is 0 Å². The molecule has 0 saturated carbocycles. The van der Waals surface area contributed by atoms with E-state index in [-0.39, 0.29) is 5.91 Å². The number of carbonyl (C=O) groups excluding carboxylic acids is 1. The van der Waals surface area contributed by atoms with Gasteiger partial charge in [-0.15, -0.1) is 0 Å². The topological polar surface area (TPSA) is 88.5 Å². The molecule has 124 valence electrons. The number of aryl methyl sites for hydroxylation is 1. The molecule has 1 aromatic carbocycles. The van der Waals surface area contributed by atoms with Crippen LogP contribution >= 0.6 is 0 Å². The van der Waals surface area contributed by atoms with Gasteiger partial charge in [0.1, 0.15) is 12.1 Å². The van der Waals surface area contributed by atoms with Crippen LogP contribution in [0.1, 0.15) is 21.6 Å². The maximum atomic E-state index is 12.3. The van der Waals surface area contributed by atoms with E-state index in [9.17, 15) is 4.79 Å². The summed E-state index contributed by atoms with van der Waals surface area (Å²) in [4.78, 5) is 21.2. The Balaban J connectivity index is 1.64. The number of aromatic nitrogens is 5. The molecule has 0 saturated heterocycles. The van der Waals surface area contributed by atoms with Crippen LogP contribution in [-0.2, 0) is 6.54 Å². The van der Waals surface area contributed by atoms with E-state index in [0.717, 1.165) is 28.1 Å². The van der Waals surface area contributed by atoms with Gasteiger partial charge < -0.3 is 5.32 Å². The Morgan fingerprint density at radius 2 is 2.08 bits per heavy atom. The molecule has 3 aromatic heterocycles. The minimum Gasteiger partial charge on any atom is -0.348 e. The molecule has 0 fully saturated rings. The lowest BCUT2D eigenvalue weighted by Gasteiger charge is -2.11. The molecule has 4 aromatic rings. The van der Waals surface area contributed by atoms with Crippen molar-refractivity contribution < 1.29 is 4.79 Å². The number of benzene rings is 1. The molecule has 7 nitrogen and oxygen atoms in total. The first kappa shape index (κ1) is 15.1. The lowest BCUT2D eigenvalue weighted by molar-refractivity contribution is 0.0950. The SMILES string of the molecule is Cc1[nH]ncc1C(=O)NCc1cccnc1-n1cnc2ccccc21. The number of imidazole rings is 1. The number of nitrogens with zero attached hydrogens (tertiary/aromatic N) is 4. The van der Waals surface area contributed by atoms with Gasteiger partial charge in [-0.25, -0.2) is 9.97 Å². The number of rotatable bonds is 4. The number of hydrogen-bond acceptors (Lipinski definition) is 4. The molecule has 7 heteroatoms. The Kier molecular flexibility index (Phi) is 3.74. The van der Waals surface area contributed by atoms with Gasteiger partial charge in [0, 0.05) is 24.0 Å². The molecule has 0 atom stereocenters. The number of amides is 1. The third-order valence-corrected chi connectivity index (χ3v) is 4.06. The summed E-state index contributed by atoms with van der Waals surface area (Å²) >= 11 is 0. The quantitative estimate of drug-likeness (QED) is 0.600. The lowest BCUT2D eigenvalue weighted by Crippen LogP contribution is -2.24. The third kappa shape index (κ3) is 2.76. The second kappa shape index (κ2) is 6.20. The smallest absolute Gasteiger partial charge is 0.255 e. The fraction of sp³-hybridized carbons (Fsp3) is 0.111. The van der Waals surface area contributed by atoms with Crippen LogP contribution < -0.4 is 5.32 Å². The molecule has 0 aliphatic carbocycles. The second-order valence-corrected chi connectivity index (χ2v) is 5.68. The van der Waals surface area contributed by atoms with Crippen molar-refractivity contribution in [2.45, 2.75) is 13.5 Å². The van der Waals surface area contributed by atoms with Gasteiger partial charge in [0.25, 0.3) is 5.91 Å². The van der Waals surface area contributed by atoms with E-state index < -0.39 is 0 Å². The maximum Gasteiger partial charge on any atom is 0.255 e. The van der Waals surface area contributed by atoms with Crippen LogP contribution in [0.3, 0.4) is 0 Å². The van der Waals surface area contributed by atoms with Crippen molar-refractivity contribution in [3.8, 4) is 5.82 Å². The number of fused-ring (bicyclic) bond motifs is 1. The molecule has 4 rings (SSSR count). The monoisotopic (exact) mass is 332 g/mol. The first-order valence-electron chi connectivity index (χ1n) is 7.88. The molecule has 0 radical (unpaired) electrons. The van der Waals surface area contributed by atoms with Crippen molar-refractivity contribution in [2.75, 3.05) is 0 Å². The fourth-order valence-electron chi connectivity index (χ4n) is 2.76. The second-order valence-electron chi connectivity index (χ2n) is 5.68. The molecule has 0 aliphatic rings. The number of nitrogens with one attached hydrogen (secondary N) is 2. The molecule has 0 bridgehead atoms. The lowest BCUT2D eigenvalue weighted by atomic mass is 10.2. The van der Waals surface area contributed by atoms with Gasteiger partial charge in [-0.3, -0.25) is 14.5 Å². The number of carbonyl (C=O) groups is 1. The average Bonchev–Trinajstić information content (AvgIpc) is 3.26. The summed E-state index contributed by atoms with van der Waals surface area (Å²) in [5.41, 5.74) is 4.06. The number of pyridine rings is 1. The van der Waals surface area contributed by atoms with Crippen LogP contribution in [-0.4, -0.2) is 30.6 Å². The largest absolute Gasteiger partial charge is 0.348 e. The molecule has 0 unspecified atom stereocenters. The van der Waals surface area contributed by atoms with E-state index in [1.165, 1.54) is 6.20 Å². The Morgan fingerprint density at radius 3 is 2.92 bits per heavy atom. The summed E-state index contributed by atoms with van der Waals surface area (Å²) in [6, 6.07) is 11.7. The molecule has 1 amide bonds. The standard InChI is InChI=1S/C18H16N6O/c1-12-14(10-22-23-12)18(25)20-9-13-5-4-8-19-17(13)24-11-21-15-6-2-3-7-16(15)24/h2-8,10-11H,9H2,1H3,(H,20,25)(H,22,23). The third-order valence-electron chi connectivity index (χ3n) is 4.06. The highest BCUT2D eigenvalue weighted by Gasteiger charge is 2.13. The number of aromatic amines is 1. The Morgan fingerprint density at radius 1 is 1.20 bits per heavy atom. The van der Waals surface area contributed by atoms with E-state index in [4.69, 9.17) is 0 Å². The van der Waals surface area contributed by atoms with Crippen molar-refractivity contribution in [3.05, 3.63) is 71.9 Å². The number of para-hydroxylation sites is 2. The van der Waals surface area contributed by atoms with Crippen molar-refractivity contribution in [1.29, 1.82) is 0 Å². The highest BCUT2D eigenvalue weighted by Crippen LogP contribution is 2.19. The fourth-order valence-corrected chi connectivity index (χ4v) is 2.76. The van der Waals surface area contributed by atoms with Crippen LogP contribution in [0.2, 0.25) is 0 Å². The van der Waals surface area contributed by atoms with Gasteiger partial charge in [-0.1, -0.05) is 18.2 Å². The molecular formula is C18H16N6O. The van der Waals surface area contributed by atoms with Gasteiger partial charge in [-0.2, -0.15) is 5.10 Å². The van der Waals surface area contributed by atoms with Crippen LogP contribution in [0, 0.1) is 6.92 Å². The van der Waals surface area contributed by atoms with E-state index in [1.54, 1.807) is 12.5 Å². The first-order valence-corrected chi connectivity index (χ1v) is 7.88. The first-order chi connectivity index (χ1) is 12.2. The maximum absolute atomic E-state index is 12.3. The highest BCUT2D eigenvalue weighted by molar-refractivity contribution is 5.94. The van der Waals surface area contributed by atoms with E-state index in [0.29, 0.717) is 12.1 Å². The molecular weight excluding hydrogens is 316 g/mol. The molecule has 3 heterocycles. The zero-order valence-electron chi connectivity index (χ0n) is 13.6. The van der Waals surface area contributed by atoms with Crippen molar-refractivity contribution in [2.24, 2.45) is 0 Å². The van der Waals surface area contributed by atoms with Crippen LogP contribution in [0.5, 0.6) is 0 Å². The van der Waals surface area contributed by atoms with Gasteiger partial charge in [0.2, 0.25) is 0 Å². The minimum atomic E-state index is -0.170. The van der Waals surface area contributed by atoms with E-state index in [1.807, 2.05) is 47.9 Å². The Labute approximate surface area is 143 Å². The van der Waals surface area contributed by atoms with E-state index >= 15 is 0 Å². The summed E-state index contributed by atoms with van der Waals surface area (Å²) in [7, 11) is 0. The summed E-state index contributed by atoms with van der Waals surface area (Å²) in [6.07, 6.45) is 5.01. The average molecular weight is 332 g/mol. The van der Waals surface area contributed by atoms with Crippen molar-refractivity contribution in [3.63, 3.8) is 0 Å². The molecule has 25 heavy (non-hydrogen) atoms. The van der Waals surface area contributed by atoms with Crippen LogP contribution in [0.4, 0.5) is 0 Å². The molecule has 2 N–H and O–H groups in total. The van der Waals surface area contributed by atoms with Crippen LogP contribution in [0.15, 0.2) is 55.1 Å². The predicted molar refractivity (Wildman–Crippen MR) is 93.4 cm³/mol. The van der Waals surface area contributed by atoms with E-state index in [2.05, 4.69) is 25.5 Å². The van der Waals surface area contributed by atoms with Gasteiger partial charge in [0.05, 0.1) is 22.8 Å². The molecule has 0 spiro atoms. The molecule has 0 aliphatic heterocycles. The predicted octanol–water partition coefficient (Wildman–Crippen LogP) is 2.38. The number of H-pyrrole nitrogens is 1. The van der Waals surface area contributed by atoms with Crippen LogP contribution in [0.25, 0.3) is 16.9 Å². The van der Waals surface area contributed by atoms with Gasteiger partial charge >= 0.3 is 0 Å². The highest BCUT2D eigenvalue weighted by atomic mass is 16.1. The minimum absolute atomic E-state index is 0.170. The number of hydrogen-bond donors (Lipinski definition) is 2. The van der Waals surface area contributed by atoms with Gasteiger partial charge in [-0.05, 0) is 25.1 Å². The van der Waals surface area contributed by atoms with Crippen molar-refractivity contribution in [1.82, 2.24) is 30.0 Å².